The van der Waals surface area contributed by atoms with E-state index >= 15 is 0 Å². The Kier molecular flexibility index (Phi) is 2.72. The smallest absolute Gasteiger partial charge is 0.169 e. The normalized spacial score (nSPS) is 10.1. The first-order valence-corrected chi connectivity index (χ1v) is 4.57. The molecule has 16 heavy (non-hydrogen) atoms. The average Bonchev–Trinajstić information content (AvgIpc) is 2.29. The van der Waals surface area contributed by atoms with Gasteiger partial charge in [-0.3, -0.25) is 4.79 Å². The molecule has 0 aliphatic carbocycles. The highest BCUT2D eigenvalue weighted by molar-refractivity contribution is 5.85. The van der Waals surface area contributed by atoms with Crippen LogP contribution in [0.15, 0.2) is 36.5 Å². The van der Waals surface area contributed by atoms with Gasteiger partial charge in [-0.15, -0.1) is 0 Å². The molecule has 0 saturated heterocycles. The van der Waals surface area contributed by atoms with Crippen LogP contribution in [0.25, 0.3) is 11.1 Å². The van der Waals surface area contributed by atoms with Gasteiger partial charge in [0, 0.05) is 5.56 Å². The number of nitrogens with zero attached hydrogens (tertiary/aromatic N) is 1. The summed E-state index contributed by atoms with van der Waals surface area (Å²) in [7, 11) is 0. The van der Waals surface area contributed by atoms with Crippen molar-refractivity contribution < 1.29 is 13.6 Å². The van der Waals surface area contributed by atoms with Gasteiger partial charge in [0.1, 0.15) is 17.3 Å². The maximum atomic E-state index is 13.0. The largest absolute Gasteiger partial charge is 0.296 e. The van der Waals surface area contributed by atoms with Gasteiger partial charge < -0.3 is 0 Å². The summed E-state index contributed by atoms with van der Waals surface area (Å²) < 4.78 is 26.0. The predicted molar refractivity (Wildman–Crippen MR) is 55.0 cm³/mol. The zero-order valence-electron chi connectivity index (χ0n) is 8.15. The second-order valence-electron chi connectivity index (χ2n) is 3.21. The minimum Gasteiger partial charge on any atom is -0.296 e. The number of rotatable bonds is 2. The molecule has 0 bridgehead atoms. The molecule has 0 aliphatic heterocycles. The molecule has 0 N–H and O–H groups in total. The summed E-state index contributed by atoms with van der Waals surface area (Å²) in [5, 5.41) is 0. The van der Waals surface area contributed by atoms with Crippen molar-refractivity contribution in [2.75, 3.05) is 0 Å². The molecule has 0 fully saturated rings. The fourth-order valence-corrected chi connectivity index (χ4v) is 1.43. The molecule has 0 aliphatic rings. The van der Waals surface area contributed by atoms with Crippen molar-refractivity contribution in [3.8, 4) is 11.1 Å². The fourth-order valence-electron chi connectivity index (χ4n) is 1.43. The Morgan fingerprint density at radius 2 is 1.94 bits per heavy atom. The number of benzene rings is 1. The van der Waals surface area contributed by atoms with Crippen molar-refractivity contribution in [2.24, 2.45) is 0 Å². The lowest BCUT2D eigenvalue weighted by Crippen LogP contribution is -1.94. The van der Waals surface area contributed by atoms with E-state index in [2.05, 4.69) is 4.98 Å². The third-order valence-corrected chi connectivity index (χ3v) is 2.13. The Morgan fingerprint density at radius 3 is 2.62 bits per heavy atom. The van der Waals surface area contributed by atoms with Crippen LogP contribution in [0.1, 0.15) is 10.5 Å². The molecular weight excluding hydrogens is 212 g/mol. The number of carbonyl (C=O) groups is 1. The van der Waals surface area contributed by atoms with E-state index < -0.39 is 11.6 Å². The number of aromatic nitrogens is 1. The number of pyridine rings is 1. The molecule has 0 spiro atoms. The van der Waals surface area contributed by atoms with Crippen molar-refractivity contribution >= 4 is 6.29 Å². The van der Waals surface area contributed by atoms with Crippen LogP contribution in [0.3, 0.4) is 0 Å². The lowest BCUT2D eigenvalue weighted by atomic mass is 10.0. The lowest BCUT2D eigenvalue weighted by molar-refractivity contribution is 0.111. The van der Waals surface area contributed by atoms with E-state index in [0.717, 1.165) is 12.3 Å². The summed E-state index contributed by atoms with van der Waals surface area (Å²) >= 11 is 0. The third-order valence-electron chi connectivity index (χ3n) is 2.13. The van der Waals surface area contributed by atoms with Gasteiger partial charge in [-0.2, -0.15) is 0 Å². The second-order valence-corrected chi connectivity index (χ2v) is 3.21. The lowest BCUT2D eigenvalue weighted by Gasteiger charge is -2.04. The van der Waals surface area contributed by atoms with Crippen LogP contribution in [0.5, 0.6) is 0 Å². The van der Waals surface area contributed by atoms with E-state index in [1.54, 1.807) is 6.07 Å². The molecule has 0 amide bonds. The molecule has 1 aromatic carbocycles. The van der Waals surface area contributed by atoms with Gasteiger partial charge in [-0.25, -0.2) is 13.8 Å². The first kappa shape index (κ1) is 10.4. The Labute approximate surface area is 90.6 Å². The van der Waals surface area contributed by atoms with Crippen molar-refractivity contribution in [1.82, 2.24) is 4.98 Å². The average molecular weight is 219 g/mol. The molecule has 1 aromatic heterocycles. The van der Waals surface area contributed by atoms with E-state index in [9.17, 15) is 13.6 Å². The van der Waals surface area contributed by atoms with Crippen LogP contribution in [-0.4, -0.2) is 11.3 Å². The molecule has 0 radical (unpaired) electrons. The van der Waals surface area contributed by atoms with E-state index in [1.807, 2.05) is 0 Å². The Hall–Kier alpha value is -2.10. The minimum absolute atomic E-state index is 0.0898. The molecule has 0 saturated carbocycles. The van der Waals surface area contributed by atoms with Crippen molar-refractivity contribution in [2.45, 2.75) is 0 Å². The van der Waals surface area contributed by atoms with Gasteiger partial charge in [0.2, 0.25) is 0 Å². The van der Waals surface area contributed by atoms with Gasteiger partial charge in [-0.05, 0) is 23.8 Å². The van der Waals surface area contributed by atoms with E-state index in [1.165, 1.54) is 18.2 Å². The zero-order valence-corrected chi connectivity index (χ0v) is 8.15. The van der Waals surface area contributed by atoms with Crippen LogP contribution in [0.4, 0.5) is 8.78 Å². The van der Waals surface area contributed by atoms with Gasteiger partial charge in [-0.1, -0.05) is 12.1 Å². The number of hydrogen-bond donors (Lipinski definition) is 0. The molecule has 1 heterocycles. The predicted octanol–water partition coefficient (Wildman–Crippen LogP) is 2.84. The van der Waals surface area contributed by atoms with Crippen LogP contribution in [-0.2, 0) is 0 Å². The first-order chi connectivity index (χ1) is 7.70. The van der Waals surface area contributed by atoms with Gasteiger partial charge in [0.25, 0.3) is 0 Å². The van der Waals surface area contributed by atoms with Crippen molar-refractivity contribution in [3.05, 3.63) is 53.9 Å². The van der Waals surface area contributed by atoms with Gasteiger partial charge in [0.05, 0.1) is 6.20 Å². The number of aldehydes is 1. The number of halogens is 2. The number of carbonyl (C=O) groups excluding carboxylic acids is 1. The summed E-state index contributed by atoms with van der Waals surface area (Å²) in [5.41, 5.74) is 0.801. The SMILES string of the molecule is O=Cc1ncc(F)cc1-c1cccc(F)c1. The van der Waals surface area contributed by atoms with Crippen LogP contribution < -0.4 is 0 Å². The summed E-state index contributed by atoms with van der Waals surface area (Å²) in [4.78, 5) is 14.4. The van der Waals surface area contributed by atoms with Crippen LogP contribution >= 0.6 is 0 Å². The summed E-state index contributed by atoms with van der Waals surface area (Å²) in [6.07, 6.45) is 1.46. The highest BCUT2D eigenvalue weighted by Crippen LogP contribution is 2.22. The molecule has 0 unspecified atom stereocenters. The van der Waals surface area contributed by atoms with E-state index in [-0.39, 0.29) is 11.3 Å². The highest BCUT2D eigenvalue weighted by atomic mass is 19.1. The third kappa shape index (κ3) is 1.95. The molecule has 2 nitrogen and oxygen atoms in total. The monoisotopic (exact) mass is 219 g/mol. The molecule has 2 aromatic rings. The Morgan fingerprint density at radius 1 is 1.12 bits per heavy atom. The minimum atomic E-state index is -0.565. The standard InChI is InChI=1S/C12H7F2NO/c13-9-3-1-2-8(4-9)11-5-10(14)6-15-12(11)7-16/h1-7H. The van der Waals surface area contributed by atoms with Gasteiger partial charge >= 0.3 is 0 Å². The molecule has 4 heteroatoms. The first-order valence-electron chi connectivity index (χ1n) is 4.57. The topological polar surface area (TPSA) is 30.0 Å². The maximum Gasteiger partial charge on any atom is 0.169 e. The van der Waals surface area contributed by atoms with E-state index in [0.29, 0.717) is 11.8 Å². The second kappa shape index (κ2) is 4.18. The quantitative estimate of drug-likeness (QED) is 0.727. The highest BCUT2D eigenvalue weighted by Gasteiger charge is 2.08. The summed E-state index contributed by atoms with van der Waals surface area (Å²) in [5.74, 6) is -1.01. The molecule has 80 valence electrons. The maximum absolute atomic E-state index is 13.0. The summed E-state index contributed by atoms with van der Waals surface area (Å²) in [6, 6.07) is 6.74. The molecule has 2 rings (SSSR count). The molecule has 0 atom stereocenters. The Bertz CT molecular complexity index is 540. The fraction of sp³-hybridized carbons (Fsp3) is 0. The van der Waals surface area contributed by atoms with Crippen LogP contribution in [0.2, 0.25) is 0 Å². The van der Waals surface area contributed by atoms with Crippen molar-refractivity contribution in [3.63, 3.8) is 0 Å². The molecular formula is C12H7F2NO. The summed E-state index contributed by atoms with van der Waals surface area (Å²) in [6.45, 7) is 0. The van der Waals surface area contributed by atoms with Crippen LogP contribution in [0, 0.1) is 11.6 Å². The zero-order chi connectivity index (χ0) is 11.5. The Balaban J connectivity index is 2.62. The van der Waals surface area contributed by atoms with Gasteiger partial charge in [0.15, 0.2) is 6.29 Å². The number of hydrogen-bond acceptors (Lipinski definition) is 2. The van der Waals surface area contributed by atoms with Crippen molar-refractivity contribution in [1.29, 1.82) is 0 Å². The van der Waals surface area contributed by atoms with E-state index in [4.69, 9.17) is 0 Å².